The number of hydrogen-bond donors (Lipinski definition) is 1. The minimum Gasteiger partial charge on any atom is -0.497 e. The fraction of sp³-hybridized carbons (Fsp3) is 0.158. The van der Waals surface area contributed by atoms with E-state index in [1.165, 1.54) is 7.11 Å². The standard InChI is InChI=1S/C19H17N3O3/c1-23-14-7-5-13(6-8-14)12-21-18-10-15(17-4-3-9-25-17)16(11-20)19(22-18)24-2/h3-10H,12H2,1-2H3,(H,21,22). The number of nitriles is 1. The van der Waals surface area contributed by atoms with Crippen LogP contribution in [-0.4, -0.2) is 19.2 Å². The summed E-state index contributed by atoms with van der Waals surface area (Å²) in [6.07, 6.45) is 1.56. The Hall–Kier alpha value is -3.46. The number of nitrogens with zero attached hydrogens (tertiary/aromatic N) is 2. The maximum Gasteiger partial charge on any atom is 0.234 e. The zero-order valence-corrected chi connectivity index (χ0v) is 13.9. The second-order valence-electron chi connectivity index (χ2n) is 5.23. The molecule has 25 heavy (non-hydrogen) atoms. The van der Waals surface area contributed by atoms with E-state index in [4.69, 9.17) is 13.9 Å². The van der Waals surface area contributed by atoms with Crippen LogP contribution in [0.4, 0.5) is 5.82 Å². The second-order valence-corrected chi connectivity index (χ2v) is 5.23. The van der Waals surface area contributed by atoms with Gasteiger partial charge in [0, 0.05) is 12.1 Å². The van der Waals surface area contributed by atoms with Crippen molar-refractivity contribution in [1.29, 1.82) is 5.26 Å². The highest BCUT2D eigenvalue weighted by Crippen LogP contribution is 2.31. The second kappa shape index (κ2) is 7.41. The van der Waals surface area contributed by atoms with Crippen molar-refractivity contribution < 1.29 is 13.9 Å². The van der Waals surface area contributed by atoms with Gasteiger partial charge in [-0.3, -0.25) is 0 Å². The average molecular weight is 335 g/mol. The number of furan rings is 1. The third-order valence-electron chi connectivity index (χ3n) is 3.71. The minimum atomic E-state index is 0.258. The molecule has 1 N–H and O–H groups in total. The van der Waals surface area contributed by atoms with E-state index in [1.54, 1.807) is 31.6 Å². The lowest BCUT2D eigenvalue weighted by Gasteiger charge is -2.11. The topological polar surface area (TPSA) is 80.3 Å². The summed E-state index contributed by atoms with van der Waals surface area (Å²) in [5.74, 6) is 2.25. The predicted octanol–water partition coefficient (Wildman–Crippen LogP) is 3.84. The number of methoxy groups -OCH3 is 2. The first-order valence-electron chi connectivity index (χ1n) is 7.65. The van der Waals surface area contributed by atoms with Crippen molar-refractivity contribution in [3.63, 3.8) is 0 Å². The lowest BCUT2D eigenvalue weighted by atomic mass is 10.1. The first kappa shape index (κ1) is 16.4. The molecule has 0 aliphatic heterocycles. The van der Waals surface area contributed by atoms with Crippen LogP contribution < -0.4 is 14.8 Å². The molecule has 1 aromatic carbocycles. The molecule has 0 fully saturated rings. The Balaban J connectivity index is 1.88. The van der Waals surface area contributed by atoms with Gasteiger partial charge in [0.05, 0.1) is 20.5 Å². The Labute approximate surface area is 145 Å². The van der Waals surface area contributed by atoms with Crippen molar-refractivity contribution in [3.05, 3.63) is 59.9 Å². The zero-order valence-electron chi connectivity index (χ0n) is 13.9. The van der Waals surface area contributed by atoms with Crippen LogP contribution >= 0.6 is 0 Å². The fourth-order valence-corrected chi connectivity index (χ4v) is 2.43. The molecule has 0 atom stereocenters. The van der Waals surface area contributed by atoms with E-state index in [-0.39, 0.29) is 5.88 Å². The van der Waals surface area contributed by atoms with Gasteiger partial charge < -0.3 is 19.2 Å². The quantitative estimate of drug-likeness (QED) is 0.737. The summed E-state index contributed by atoms with van der Waals surface area (Å²) in [5.41, 5.74) is 2.05. The van der Waals surface area contributed by atoms with E-state index >= 15 is 0 Å². The highest BCUT2D eigenvalue weighted by atomic mass is 16.5. The number of rotatable bonds is 6. The van der Waals surface area contributed by atoms with Crippen LogP contribution in [-0.2, 0) is 6.54 Å². The van der Waals surface area contributed by atoms with Crippen LogP contribution in [0.25, 0.3) is 11.3 Å². The van der Waals surface area contributed by atoms with Crippen molar-refractivity contribution in [1.82, 2.24) is 4.98 Å². The summed E-state index contributed by atoms with van der Waals surface area (Å²) in [6.45, 7) is 0.573. The molecule has 6 heteroatoms. The van der Waals surface area contributed by atoms with Crippen molar-refractivity contribution in [3.8, 4) is 29.0 Å². The summed E-state index contributed by atoms with van der Waals surface area (Å²) in [5, 5.41) is 12.7. The third-order valence-corrected chi connectivity index (χ3v) is 3.71. The van der Waals surface area contributed by atoms with Crippen molar-refractivity contribution in [2.45, 2.75) is 6.54 Å². The molecule has 0 radical (unpaired) electrons. The zero-order chi connectivity index (χ0) is 17.6. The molecule has 0 saturated heterocycles. The molecule has 0 bridgehead atoms. The molecule has 0 amide bonds. The Morgan fingerprint density at radius 3 is 2.56 bits per heavy atom. The highest BCUT2D eigenvalue weighted by molar-refractivity contribution is 5.72. The molecular formula is C19H17N3O3. The molecule has 0 aliphatic carbocycles. The Kier molecular flexibility index (Phi) is 4.86. The number of anilines is 1. The molecular weight excluding hydrogens is 318 g/mol. The van der Waals surface area contributed by atoms with Crippen LogP contribution in [0.3, 0.4) is 0 Å². The molecule has 0 unspecified atom stereocenters. The predicted molar refractivity (Wildman–Crippen MR) is 93.5 cm³/mol. The monoisotopic (exact) mass is 335 g/mol. The van der Waals surface area contributed by atoms with Crippen LogP contribution in [0.5, 0.6) is 11.6 Å². The molecule has 3 rings (SSSR count). The number of benzene rings is 1. The maximum atomic E-state index is 9.43. The average Bonchev–Trinajstić information content (AvgIpc) is 3.20. The van der Waals surface area contributed by atoms with Crippen LogP contribution in [0.2, 0.25) is 0 Å². The number of pyridine rings is 1. The normalized spacial score (nSPS) is 10.1. The van der Waals surface area contributed by atoms with Gasteiger partial charge >= 0.3 is 0 Å². The Bertz CT molecular complexity index is 882. The number of aromatic nitrogens is 1. The van der Waals surface area contributed by atoms with Crippen molar-refractivity contribution in [2.75, 3.05) is 19.5 Å². The first-order chi connectivity index (χ1) is 12.2. The van der Waals surface area contributed by atoms with E-state index in [1.807, 2.05) is 24.3 Å². The Morgan fingerprint density at radius 1 is 1.16 bits per heavy atom. The molecule has 126 valence electrons. The van der Waals surface area contributed by atoms with Gasteiger partial charge in [0.25, 0.3) is 0 Å². The van der Waals surface area contributed by atoms with Crippen LogP contribution in [0, 0.1) is 11.3 Å². The first-order valence-corrected chi connectivity index (χ1v) is 7.65. The summed E-state index contributed by atoms with van der Waals surface area (Å²) in [6, 6.07) is 15.2. The van der Waals surface area contributed by atoms with Gasteiger partial charge in [0.15, 0.2) is 0 Å². The van der Waals surface area contributed by atoms with E-state index in [9.17, 15) is 5.26 Å². The third kappa shape index (κ3) is 3.56. The van der Waals surface area contributed by atoms with Gasteiger partial charge in [0.1, 0.15) is 29.0 Å². The molecule has 3 aromatic rings. The molecule has 2 aromatic heterocycles. The minimum absolute atomic E-state index is 0.258. The summed E-state index contributed by atoms with van der Waals surface area (Å²) in [7, 11) is 3.12. The van der Waals surface area contributed by atoms with Gasteiger partial charge in [-0.1, -0.05) is 12.1 Å². The SMILES string of the molecule is COc1ccc(CNc2cc(-c3ccco3)c(C#N)c(OC)n2)cc1. The Morgan fingerprint density at radius 2 is 1.96 bits per heavy atom. The molecule has 0 saturated carbocycles. The van der Waals surface area contributed by atoms with Gasteiger partial charge in [-0.25, -0.2) is 0 Å². The number of hydrogen-bond acceptors (Lipinski definition) is 6. The maximum absolute atomic E-state index is 9.43. The van der Waals surface area contributed by atoms with E-state index < -0.39 is 0 Å². The number of nitrogens with one attached hydrogen (secondary N) is 1. The summed E-state index contributed by atoms with van der Waals surface area (Å²) >= 11 is 0. The molecule has 0 spiro atoms. The van der Waals surface area contributed by atoms with Gasteiger partial charge in [-0.05, 0) is 35.9 Å². The van der Waals surface area contributed by atoms with Gasteiger partial charge in [-0.2, -0.15) is 10.2 Å². The lowest BCUT2D eigenvalue weighted by molar-refractivity contribution is 0.397. The van der Waals surface area contributed by atoms with E-state index in [0.717, 1.165) is 11.3 Å². The summed E-state index contributed by atoms with van der Waals surface area (Å²) in [4.78, 5) is 4.36. The van der Waals surface area contributed by atoms with E-state index in [2.05, 4.69) is 16.4 Å². The van der Waals surface area contributed by atoms with Gasteiger partial charge in [-0.15, -0.1) is 0 Å². The smallest absolute Gasteiger partial charge is 0.234 e. The van der Waals surface area contributed by atoms with Crippen LogP contribution in [0.1, 0.15) is 11.1 Å². The van der Waals surface area contributed by atoms with E-state index in [0.29, 0.717) is 29.2 Å². The lowest BCUT2D eigenvalue weighted by Crippen LogP contribution is -2.04. The van der Waals surface area contributed by atoms with Crippen molar-refractivity contribution in [2.24, 2.45) is 0 Å². The van der Waals surface area contributed by atoms with Crippen molar-refractivity contribution >= 4 is 5.82 Å². The molecule has 0 aliphatic rings. The van der Waals surface area contributed by atoms with Gasteiger partial charge in [0.2, 0.25) is 5.88 Å². The number of ether oxygens (including phenoxy) is 2. The molecule has 2 heterocycles. The van der Waals surface area contributed by atoms with Crippen LogP contribution in [0.15, 0.2) is 53.1 Å². The highest BCUT2D eigenvalue weighted by Gasteiger charge is 2.16. The molecule has 6 nitrogen and oxygen atoms in total. The largest absolute Gasteiger partial charge is 0.497 e. The fourth-order valence-electron chi connectivity index (χ4n) is 2.43. The summed E-state index contributed by atoms with van der Waals surface area (Å²) < 4.78 is 15.8.